The van der Waals surface area contributed by atoms with Crippen LogP contribution in [0.2, 0.25) is 0 Å². The van der Waals surface area contributed by atoms with E-state index in [0.717, 1.165) is 50.9 Å². The average Bonchev–Trinajstić information content (AvgIpc) is 3.65. The molecule has 1 aromatic heterocycles. The van der Waals surface area contributed by atoms with E-state index < -0.39 is 0 Å². The van der Waals surface area contributed by atoms with Gasteiger partial charge < -0.3 is 9.32 Å². The summed E-state index contributed by atoms with van der Waals surface area (Å²) >= 11 is 0. The number of oxazole rings is 1. The molecule has 9 rings (SSSR count). The van der Waals surface area contributed by atoms with Crippen molar-refractivity contribution in [2.75, 3.05) is 4.90 Å². The minimum absolute atomic E-state index is 0.614. The largest absolute Gasteiger partial charge is 0.435 e. The fourth-order valence-electron chi connectivity index (χ4n) is 7.05. The Bertz CT molecular complexity index is 2580. The molecule has 0 radical (unpaired) electrons. The molecule has 8 aromatic carbocycles. The molecule has 3 heteroatoms. The van der Waals surface area contributed by atoms with Crippen LogP contribution >= 0.6 is 0 Å². The van der Waals surface area contributed by atoms with Crippen LogP contribution in [0.5, 0.6) is 0 Å². The van der Waals surface area contributed by atoms with Gasteiger partial charge >= 0.3 is 0 Å². The molecule has 0 bridgehead atoms. The van der Waals surface area contributed by atoms with E-state index in [0.29, 0.717) is 5.89 Å². The molecule has 0 amide bonds. The fraction of sp³-hybridized carbons (Fsp3) is 0.0208. The Kier molecular flexibility index (Phi) is 7.92. The fourth-order valence-corrected chi connectivity index (χ4v) is 7.05. The van der Waals surface area contributed by atoms with Crippen LogP contribution < -0.4 is 4.90 Å². The van der Waals surface area contributed by atoms with Gasteiger partial charge in [-0.2, -0.15) is 0 Å². The molecule has 242 valence electrons. The van der Waals surface area contributed by atoms with Crippen molar-refractivity contribution >= 4 is 38.9 Å². The van der Waals surface area contributed by atoms with E-state index in [1.165, 1.54) is 33.4 Å². The van der Waals surface area contributed by atoms with Crippen LogP contribution in [0, 0.1) is 0 Å². The highest BCUT2D eigenvalue weighted by molar-refractivity contribution is 6.12. The number of hydrogen-bond donors (Lipinski definition) is 0. The molecule has 0 aliphatic heterocycles. The van der Waals surface area contributed by atoms with E-state index in [9.17, 15) is 0 Å². The SMILES string of the molecule is c1ccc(Cc2ccc(N(c3ccc(-c4ccccc4)c(-c4ccccc4)c3)c3cccc4ccc5nc(-c6ccccc6)oc5c34)cc2)cc1. The van der Waals surface area contributed by atoms with Crippen molar-refractivity contribution in [3.63, 3.8) is 0 Å². The lowest BCUT2D eigenvalue weighted by molar-refractivity contribution is 0.623. The van der Waals surface area contributed by atoms with Crippen molar-refractivity contribution in [2.24, 2.45) is 0 Å². The first-order valence-corrected chi connectivity index (χ1v) is 17.3. The van der Waals surface area contributed by atoms with Crippen molar-refractivity contribution in [2.45, 2.75) is 6.42 Å². The van der Waals surface area contributed by atoms with Gasteiger partial charge in [-0.15, -0.1) is 0 Å². The van der Waals surface area contributed by atoms with Gasteiger partial charge in [-0.1, -0.05) is 146 Å². The molecule has 0 aliphatic rings. The summed E-state index contributed by atoms with van der Waals surface area (Å²) in [6, 6.07) is 68.5. The highest BCUT2D eigenvalue weighted by Crippen LogP contribution is 2.45. The maximum absolute atomic E-state index is 6.65. The van der Waals surface area contributed by atoms with Crippen LogP contribution in [0.3, 0.4) is 0 Å². The van der Waals surface area contributed by atoms with Gasteiger partial charge in [-0.3, -0.25) is 0 Å². The molecule has 3 nitrogen and oxygen atoms in total. The number of fused-ring (bicyclic) bond motifs is 3. The Balaban J connectivity index is 1.26. The summed E-state index contributed by atoms with van der Waals surface area (Å²) < 4.78 is 6.65. The number of rotatable bonds is 8. The summed E-state index contributed by atoms with van der Waals surface area (Å²) in [6.45, 7) is 0. The van der Waals surface area contributed by atoms with E-state index in [-0.39, 0.29) is 0 Å². The van der Waals surface area contributed by atoms with E-state index in [4.69, 9.17) is 9.40 Å². The quantitative estimate of drug-likeness (QED) is 0.163. The molecule has 9 aromatic rings. The van der Waals surface area contributed by atoms with Gasteiger partial charge in [-0.25, -0.2) is 4.98 Å². The van der Waals surface area contributed by atoms with E-state index in [2.05, 4.69) is 169 Å². The first-order chi connectivity index (χ1) is 25.3. The number of benzene rings is 8. The Morgan fingerprint density at radius 2 is 1.04 bits per heavy atom. The molecule has 1 heterocycles. The van der Waals surface area contributed by atoms with Gasteiger partial charge in [0.05, 0.1) is 11.1 Å². The zero-order chi connectivity index (χ0) is 34.0. The zero-order valence-electron chi connectivity index (χ0n) is 28.0. The minimum atomic E-state index is 0.614. The number of aromatic nitrogens is 1. The Hall–Kier alpha value is -6.71. The predicted molar refractivity (Wildman–Crippen MR) is 212 cm³/mol. The van der Waals surface area contributed by atoms with Gasteiger partial charge in [0.15, 0.2) is 5.58 Å². The Labute approximate surface area is 297 Å². The van der Waals surface area contributed by atoms with Crippen LogP contribution in [0.25, 0.3) is 55.6 Å². The monoisotopic (exact) mass is 654 g/mol. The molecule has 0 spiro atoms. The summed E-state index contributed by atoms with van der Waals surface area (Å²) in [5.41, 5.74) is 13.0. The lowest BCUT2D eigenvalue weighted by Gasteiger charge is -2.28. The molecule has 0 fully saturated rings. The molecule has 51 heavy (non-hydrogen) atoms. The average molecular weight is 655 g/mol. The van der Waals surface area contributed by atoms with Crippen molar-refractivity contribution in [3.05, 3.63) is 205 Å². The standard InChI is InChI=1S/C48H34N2O/c1-5-14-34(15-6-1)32-35-24-27-40(28-25-35)50(41-29-30-42(36-16-7-2-8-17-36)43(33-41)37-18-9-3-10-19-37)45-23-13-22-38-26-31-44-47(46(38)45)51-48(49-44)39-20-11-4-12-21-39/h1-31,33H,32H2. The van der Waals surface area contributed by atoms with Crippen molar-refractivity contribution < 1.29 is 4.42 Å². The molecule has 0 saturated carbocycles. The molecule has 0 aliphatic carbocycles. The molecular formula is C48H34N2O. The molecule has 0 N–H and O–H groups in total. The smallest absolute Gasteiger partial charge is 0.227 e. The predicted octanol–water partition coefficient (Wildman–Crippen LogP) is 13.0. The third-order valence-corrected chi connectivity index (χ3v) is 9.51. The summed E-state index contributed by atoms with van der Waals surface area (Å²) in [5, 5.41) is 2.11. The van der Waals surface area contributed by atoms with Gasteiger partial charge in [0.2, 0.25) is 5.89 Å². The lowest BCUT2D eigenvalue weighted by Crippen LogP contribution is -2.11. The maximum atomic E-state index is 6.65. The number of nitrogens with zero attached hydrogens (tertiary/aromatic N) is 2. The number of anilines is 3. The normalized spacial score (nSPS) is 11.2. The highest BCUT2D eigenvalue weighted by atomic mass is 16.3. The Morgan fingerprint density at radius 3 is 1.73 bits per heavy atom. The van der Waals surface area contributed by atoms with E-state index >= 15 is 0 Å². The van der Waals surface area contributed by atoms with Crippen LogP contribution in [0.4, 0.5) is 17.1 Å². The number of hydrogen-bond acceptors (Lipinski definition) is 3. The van der Waals surface area contributed by atoms with E-state index in [1.54, 1.807) is 0 Å². The zero-order valence-corrected chi connectivity index (χ0v) is 28.0. The lowest BCUT2D eigenvalue weighted by atomic mass is 9.93. The van der Waals surface area contributed by atoms with Crippen LogP contribution in [0.15, 0.2) is 199 Å². The van der Waals surface area contributed by atoms with Crippen molar-refractivity contribution in [1.82, 2.24) is 4.98 Å². The van der Waals surface area contributed by atoms with Crippen molar-refractivity contribution in [1.29, 1.82) is 0 Å². The van der Waals surface area contributed by atoms with Crippen molar-refractivity contribution in [3.8, 4) is 33.7 Å². The first kappa shape index (κ1) is 30.4. The van der Waals surface area contributed by atoms with Gasteiger partial charge in [0.25, 0.3) is 0 Å². The highest BCUT2D eigenvalue weighted by Gasteiger charge is 2.21. The van der Waals surface area contributed by atoms with Gasteiger partial charge in [-0.05, 0) is 93.7 Å². The van der Waals surface area contributed by atoms with Crippen LogP contribution in [-0.2, 0) is 6.42 Å². The van der Waals surface area contributed by atoms with E-state index in [1.807, 2.05) is 30.3 Å². The summed E-state index contributed by atoms with van der Waals surface area (Å²) in [5.74, 6) is 0.614. The topological polar surface area (TPSA) is 29.3 Å². The summed E-state index contributed by atoms with van der Waals surface area (Å²) in [4.78, 5) is 7.31. The second-order valence-corrected chi connectivity index (χ2v) is 12.8. The molecule has 0 saturated heterocycles. The third kappa shape index (κ3) is 5.96. The second kappa shape index (κ2) is 13.3. The molecular weight excluding hydrogens is 621 g/mol. The first-order valence-electron chi connectivity index (χ1n) is 17.3. The molecule has 0 atom stereocenters. The Morgan fingerprint density at radius 1 is 0.451 bits per heavy atom. The van der Waals surface area contributed by atoms with Crippen LogP contribution in [0.1, 0.15) is 11.1 Å². The minimum Gasteiger partial charge on any atom is -0.435 e. The van der Waals surface area contributed by atoms with Gasteiger partial charge in [0.1, 0.15) is 5.52 Å². The summed E-state index contributed by atoms with van der Waals surface area (Å²) in [7, 11) is 0. The maximum Gasteiger partial charge on any atom is 0.227 e. The van der Waals surface area contributed by atoms with Crippen LogP contribution in [-0.4, -0.2) is 4.98 Å². The second-order valence-electron chi connectivity index (χ2n) is 12.8. The molecule has 0 unspecified atom stereocenters. The van der Waals surface area contributed by atoms with Gasteiger partial charge in [0, 0.05) is 16.9 Å². The summed E-state index contributed by atoms with van der Waals surface area (Å²) in [6.07, 6.45) is 0.875. The third-order valence-electron chi connectivity index (χ3n) is 9.51.